The number of amides is 4. The maximum Gasteiger partial charge on any atom is 0.417 e. The molecule has 0 spiro atoms. The summed E-state index contributed by atoms with van der Waals surface area (Å²) in [5, 5.41) is 27.5. The molecular formula is C32H39F3N4O12. The lowest BCUT2D eigenvalue weighted by Gasteiger charge is -2.29. The zero-order chi connectivity index (χ0) is 38.8. The van der Waals surface area contributed by atoms with Crippen LogP contribution in [0.15, 0.2) is 33.5 Å². The topological polar surface area (TPSA) is 248 Å². The number of hydrogen-bond acceptors (Lipinski definition) is 10. The second kappa shape index (κ2) is 18.0. The van der Waals surface area contributed by atoms with Crippen molar-refractivity contribution >= 4 is 52.5 Å². The van der Waals surface area contributed by atoms with Gasteiger partial charge in [-0.2, -0.15) is 13.2 Å². The van der Waals surface area contributed by atoms with Crippen LogP contribution in [-0.4, -0.2) is 75.9 Å². The number of benzene rings is 1. The highest BCUT2D eigenvalue weighted by Gasteiger charge is 2.36. The standard InChI is InChI=1S/C32H39F3N4O12/c1-6-15(4)27(39-28(46)20(9-10-23(41)42)37-29(47)26(14(2)3)36-16(5)40)30(48)38-21(13-24(43)44)31(49)50-17-7-8-18-19(32(33,34)35)12-25(45)51-22(18)11-17/h7-8,11-12,14-15,20-21,26-27H,6,9-10,13H2,1-5H3,(H,36,40)(H,37,47)(H,38,48)(H,39,46)(H,41,42)(H,43,44)/t15-,20-,21-,26-,27-/m0/s1. The van der Waals surface area contributed by atoms with Gasteiger partial charge in [0.15, 0.2) is 0 Å². The van der Waals surface area contributed by atoms with E-state index >= 15 is 0 Å². The van der Waals surface area contributed by atoms with E-state index in [1.54, 1.807) is 20.8 Å². The molecule has 0 saturated carbocycles. The fourth-order valence-corrected chi connectivity index (χ4v) is 4.77. The Bertz CT molecular complexity index is 1710. The molecule has 0 fully saturated rings. The van der Waals surface area contributed by atoms with E-state index in [-0.39, 0.29) is 12.5 Å². The molecule has 0 aliphatic heterocycles. The van der Waals surface area contributed by atoms with Crippen LogP contribution in [0.4, 0.5) is 13.2 Å². The SMILES string of the molecule is CC[C@H](C)[C@H](NC(=O)[C@H](CCC(=O)O)NC(=O)[C@@H](NC(C)=O)C(C)C)C(=O)N[C@@H](CC(=O)O)C(=O)Oc1ccc2c(C(F)(F)F)cc(=O)oc2c1. The Morgan fingerprint density at radius 3 is 1.98 bits per heavy atom. The Labute approximate surface area is 288 Å². The van der Waals surface area contributed by atoms with Gasteiger partial charge in [-0.05, 0) is 30.4 Å². The van der Waals surface area contributed by atoms with E-state index in [1.165, 1.54) is 13.8 Å². The molecule has 0 bridgehead atoms. The summed E-state index contributed by atoms with van der Waals surface area (Å²) in [7, 11) is 0. The van der Waals surface area contributed by atoms with Gasteiger partial charge >= 0.3 is 29.7 Å². The van der Waals surface area contributed by atoms with Crippen LogP contribution in [0.25, 0.3) is 11.0 Å². The van der Waals surface area contributed by atoms with E-state index in [1.807, 2.05) is 0 Å². The van der Waals surface area contributed by atoms with Crippen LogP contribution in [0.5, 0.6) is 5.75 Å². The van der Waals surface area contributed by atoms with Gasteiger partial charge in [-0.15, -0.1) is 0 Å². The van der Waals surface area contributed by atoms with E-state index in [2.05, 4.69) is 21.3 Å². The first kappa shape index (κ1) is 41.7. The van der Waals surface area contributed by atoms with Crippen molar-refractivity contribution in [3.63, 3.8) is 0 Å². The number of carboxylic acid groups (broad SMARTS) is 2. The van der Waals surface area contributed by atoms with Crippen molar-refractivity contribution < 1.29 is 66.1 Å². The molecular weight excluding hydrogens is 689 g/mol. The van der Waals surface area contributed by atoms with Crippen LogP contribution in [0.2, 0.25) is 0 Å². The van der Waals surface area contributed by atoms with Gasteiger partial charge < -0.3 is 40.6 Å². The van der Waals surface area contributed by atoms with Gasteiger partial charge in [0, 0.05) is 30.9 Å². The summed E-state index contributed by atoms with van der Waals surface area (Å²) in [6.45, 7) is 7.59. The van der Waals surface area contributed by atoms with Crippen molar-refractivity contribution in [1.82, 2.24) is 21.3 Å². The first-order valence-electron chi connectivity index (χ1n) is 15.6. The number of nitrogens with one attached hydrogen (secondary N) is 4. The van der Waals surface area contributed by atoms with Gasteiger partial charge in [0.1, 0.15) is 35.5 Å². The van der Waals surface area contributed by atoms with E-state index in [9.17, 15) is 61.7 Å². The van der Waals surface area contributed by atoms with E-state index in [4.69, 9.17) is 9.15 Å². The van der Waals surface area contributed by atoms with Crippen LogP contribution >= 0.6 is 0 Å². The molecule has 2 aromatic rings. The predicted octanol–water partition coefficient (Wildman–Crippen LogP) is 1.72. The number of fused-ring (bicyclic) bond motifs is 1. The molecule has 51 heavy (non-hydrogen) atoms. The Morgan fingerprint density at radius 2 is 1.45 bits per heavy atom. The fourth-order valence-electron chi connectivity index (χ4n) is 4.77. The van der Waals surface area contributed by atoms with Crippen molar-refractivity contribution in [3.05, 3.63) is 40.2 Å². The third-order valence-electron chi connectivity index (χ3n) is 7.60. The molecule has 4 amide bonds. The maximum atomic E-state index is 13.5. The van der Waals surface area contributed by atoms with Crippen molar-refractivity contribution in [1.29, 1.82) is 0 Å². The van der Waals surface area contributed by atoms with E-state index in [0.717, 1.165) is 18.2 Å². The van der Waals surface area contributed by atoms with Gasteiger partial charge in [-0.25, -0.2) is 9.59 Å². The van der Waals surface area contributed by atoms with Gasteiger partial charge in [0.2, 0.25) is 23.6 Å². The molecule has 6 N–H and O–H groups in total. The predicted molar refractivity (Wildman–Crippen MR) is 170 cm³/mol. The van der Waals surface area contributed by atoms with Crippen molar-refractivity contribution in [2.75, 3.05) is 0 Å². The summed E-state index contributed by atoms with van der Waals surface area (Å²) in [4.78, 5) is 99.3. The van der Waals surface area contributed by atoms with Crippen LogP contribution in [-0.2, 0) is 39.7 Å². The van der Waals surface area contributed by atoms with Crippen molar-refractivity contribution in [2.45, 2.75) is 90.6 Å². The zero-order valence-electron chi connectivity index (χ0n) is 28.2. The lowest BCUT2D eigenvalue weighted by molar-refractivity contribution is -0.146. The third-order valence-corrected chi connectivity index (χ3v) is 7.60. The molecule has 2 rings (SSSR count). The Balaban J connectivity index is 2.35. The Kier molecular flexibility index (Phi) is 14.7. The lowest BCUT2D eigenvalue weighted by Crippen LogP contribution is -2.59. The number of rotatable bonds is 17. The average molecular weight is 729 g/mol. The smallest absolute Gasteiger partial charge is 0.417 e. The largest absolute Gasteiger partial charge is 0.481 e. The van der Waals surface area contributed by atoms with Gasteiger partial charge in [-0.3, -0.25) is 28.8 Å². The number of aliphatic carboxylic acids is 2. The minimum absolute atomic E-state index is 0.245. The number of carbonyl (C=O) groups is 7. The third kappa shape index (κ3) is 12.4. The molecule has 1 aromatic heterocycles. The molecule has 1 aromatic carbocycles. The number of halogens is 3. The molecule has 5 atom stereocenters. The van der Waals surface area contributed by atoms with Gasteiger partial charge in [-0.1, -0.05) is 34.1 Å². The highest BCUT2D eigenvalue weighted by Crippen LogP contribution is 2.35. The Hall–Kier alpha value is -5.49. The van der Waals surface area contributed by atoms with Crippen LogP contribution in [0.3, 0.4) is 0 Å². The van der Waals surface area contributed by atoms with Crippen molar-refractivity contribution in [3.8, 4) is 5.75 Å². The molecule has 0 aliphatic rings. The number of carboxylic acids is 2. The summed E-state index contributed by atoms with van der Waals surface area (Å²) < 4.78 is 50.2. The number of esters is 1. The van der Waals surface area contributed by atoms with Gasteiger partial charge in [0.05, 0.1) is 12.0 Å². The van der Waals surface area contributed by atoms with Crippen LogP contribution in [0, 0.1) is 11.8 Å². The first-order valence-corrected chi connectivity index (χ1v) is 15.6. The number of carbonyl (C=O) groups excluding carboxylic acids is 5. The van der Waals surface area contributed by atoms with Crippen LogP contribution in [0.1, 0.15) is 65.9 Å². The van der Waals surface area contributed by atoms with E-state index < -0.39 is 131 Å². The molecule has 1 heterocycles. The monoisotopic (exact) mass is 728 g/mol. The van der Waals surface area contributed by atoms with Crippen molar-refractivity contribution in [2.24, 2.45) is 11.8 Å². The molecule has 0 radical (unpaired) electrons. The van der Waals surface area contributed by atoms with Gasteiger partial charge in [0.25, 0.3) is 0 Å². The summed E-state index contributed by atoms with van der Waals surface area (Å²) in [5.74, 6) is -9.23. The number of ether oxygens (including phenoxy) is 1. The first-order chi connectivity index (χ1) is 23.6. The zero-order valence-corrected chi connectivity index (χ0v) is 28.2. The summed E-state index contributed by atoms with van der Waals surface area (Å²) in [5.41, 5.74) is -3.25. The second-order valence-corrected chi connectivity index (χ2v) is 12.0. The van der Waals surface area contributed by atoms with Crippen LogP contribution < -0.4 is 31.6 Å². The molecule has 0 aliphatic carbocycles. The number of alkyl halides is 3. The summed E-state index contributed by atoms with van der Waals surface area (Å²) in [6, 6.07) is -3.14. The summed E-state index contributed by atoms with van der Waals surface area (Å²) >= 11 is 0. The maximum absolute atomic E-state index is 13.5. The molecule has 280 valence electrons. The normalized spacial score (nSPS) is 14.4. The highest BCUT2D eigenvalue weighted by atomic mass is 19.4. The minimum atomic E-state index is -4.92. The van der Waals surface area contributed by atoms with E-state index in [0.29, 0.717) is 0 Å². The highest BCUT2D eigenvalue weighted by molar-refractivity contribution is 5.96. The molecule has 0 unspecified atom stereocenters. The summed E-state index contributed by atoms with van der Waals surface area (Å²) in [6.07, 6.45) is -6.71. The average Bonchev–Trinajstić information content (AvgIpc) is 3.01. The Morgan fingerprint density at radius 1 is 0.843 bits per heavy atom. The lowest BCUT2D eigenvalue weighted by atomic mass is 9.96. The number of hydrogen-bond donors (Lipinski definition) is 6. The molecule has 16 nitrogen and oxygen atoms in total. The minimum Gasteiger partial charge on any atom is -0.481 e. The second-order valence-electron chi connectivity index (χ2n) is 12.0. The quantitative estimate of drug-likeness (QED) is 0.0775. The molecule has 0 saturated heterocycles. The molecule has 19 heteroatoms. The fraction of sp³-hybridized carbons (Fsp3) is 0.500.